The van der Waals surface area contributed by atoms with E-state index in [2.05, 4.69) is 10.1 Å². The molecule has 8 heteroatoms. The van der Waals surface area contributed by atoms with Crippen LogP contribution < -0.4 is 5.56 Å². The molecule has 0 aliphatic rings. The van der Waals surface area contributed by atoms with E-state index < -0.39 is 4.92 Å². The van der Waals surface area contributed by atoms with Crippen molar-refractivity contribution >= 4 is 17.1 Å². The van der Waals surface area contributed by atoms with Gasteiger partial charge in [-0.15, -0.1) is 0 Å². The predicted octanol–water partition coefficient (Wildman–Crippen LogP) is 4.31. The number of rotatable bonds is 6. The summed E-state index contributed by atoms with van der Waals surface area (Å²) in [6.45, 7) is 3.73. The van der Waals surface area contributed by atoms with Gasteiger partial charge in [-0.25, -0.2) is 9.07 Å². The maximum absolute atomic E-state index is 13.1. The highest BCUT2D eigenvalue weighted by Crippen LogP contribution is 2.18. The smallest absolute Gasteiger partial charge is 0.280 e. The van der Waals surface area contributed by atoms with E-state index in [1.54, 1.807) is 19.1 Å². The van der Waals surface area contributed by atoms with Gasteiger partial charge in [0.15, 0.2) is 0 Å². The molecule has 0 bridgehead atoms. The van der Waals surface area contributed by atoms with Gasteiger partial charge < -0.3 is 0 Å². The van der Waals surface area contributed by atoms with Crippen molar-refractivity contribution in [3.63, 3.8) is 0 Å². The number of non-ortho nitro benzene ring substituents is 1. The summed E-state index contributed by atoms with van der Waals surface area (Å²) in [6.07, 6.45) is 1.46. The van der Waals surface area contributed by atoms with Crippen molar-refractivity contribution in [1.29, 1.82) is 0 Å². The number of nitrogens with zero attached hydrogens (tertiary/aromatic N) is 3. The first-order chi connectivity index (χ1) is 13.4. The molecule has 1 aromatic heterocycles. The number of nitrogens with one attached hydrogen (secondary N) is 1. The highest BCUT2D eigenvalue weighted by Gasteiger charge is 2.18. The summed E-state index contributed by atoms with van der Waals surface area (Å²) in [4.78, 5) is 27.8. The summed E-state index contributed by atoms with van der Waals surface area (Å²) in [5.74, 6) is -0.356. The minimum Gasteiger partial charge on any atom is -0.294 e. The van der Waals surface area contributed by atoms with E-state index in [0.717, 1.165) is 12.1 Å². The number of halogens is 1. The van der Waals surface area contributed by atoms with Crippen LogP contribution in [-0.4, -0.2) is 20.4 Å². The molecule has 0 unspecified atom stereocenters. The largest absolute Gasteiger partial charge is 0.294 e. The number of H-pyrrole nitrogens is 1. The van der Waals surface area contributed by atoms with Gasteiger partial charge in [0.25, 0.3) is 11.2 Å². The van der Waals surface area contributed by atoms with E-state index >= 15 is 0 Å². The minimum atomic E-state index is -0.491. The zero-order valence-corrected chi connectivity index (χ0v) is 15.5. The fourth-order valence-electron chi connectivity index (χ4n) is 2.96. The van der Waals surface area contributed by atoms with E-state index in [4.69, 9.17) is 0 Å². The maximum Gasteiger partial charge on any atom is 0.280 e. The Bertz CT molecular complexity index is 1080. The van der Waals surface area contributed by atoms with Crippen LogP contribution in [0.3, 0.4) is 0 Å². The molecule has 0 saturated heterocycles. The summed E-state index contributed by atoms with van der Waals surface area (Å²) in [6, 6.07) is 11.4. The summed E-state index contributed by atoms with van der Waals surface area (Å²) in [5.41, 5.74) is 2.39. The van der Waals surface area contributed by atoms with Crippen LogP contribution in [-0.2, 0) is 6.42 Å². The molecule has 28 heavy (non-hydrogen) atoms. The predicted molar refractivity (Wildman–Crippen MR) is 105 cm³/mol. The lowest BCUT2D eigenvalue weighted by molar-refractivity contribution is -0.384. The van der Waals surface area contributed by atoms with E-state index in [-0.39, 0.29) is 17.1 Å². The summed E-state index contributed by atoms with van der Waals surface area (Å²) < 4.78 is 14.5. The Labute approximate surface area is 160 Å². The molecule has 144 valence electrons. The number of aliphatic imine (C=N–C) groups is 1. The van der Waals surface area contributed by atoms with Gasteiger partial charge in [0.1, 0.15) is 5.82 Å². The average Bonchev–Trinajstić information content (AvgIpc) is 3.00. The van der Waals surface area contributed by atoms with Gasteiger partial charge in [0.2, 0.25) is 0 Å². The zero-order chi connectivity index (χ0) is 20.3. The Morgan fingerprint density at radius 2 is 1.82 bits per heavy atom. The van der Waals surface area contributed by atoms with Crippen LogP contribution >= 0.6 is 0 Å². The third-order valence-electron chi connectivity index (χ3n) is 4.27. The van der Waals surface area contributed by atoms with Crippen LogP contribution in [0.4, 0.5) is 15.8 Å². The van der Waals surface area contributed by atoms with Gasteiger partial charge in [-0.05, 0) is 49.7 Å². The molecule has 0 amide bonds. The van der Waals surface area contributed by atoms with Gasteiger partial charge in [-0.3, -0.25) is 25.0 Å². The van der Waals surface area contributed by atoms with Gasteiger partial charge >= 0.3 is 0 Å². The number of hydrogen-bond donors (Lipinski definition) is 1. The Kier molecular flexibility index (Phi) is 5.49. The van der Waals surface area contributed by atoms with Crippen LogP contribution in [0.2, 0.25) is 0 Å². The topological polar surface area (TPSA) is 93.3 Å². The van der Waals surface area contributed by atoms with Gasteiger partial charge in [0, 0.05) is 17.8 Å². The first-order valence-electron chi connectivity index (χ1n) is 8.80. The van der Waals surface area contributed by atoms with Crippen LogP contribution in [0.15, 0.2) is 58.3 Å². The standard InChI is InChI=1S/C20H19FN4O3/c1-3-4-18-19(13(2)22-15-7-5-14(21)6-8-15)20(26)24(23-18)16-9-11-17(12-10-16)25(27)28/h5-12,23H,3-4H2,1-2H3. The molecule has 0 fully saturated rings. The third kappa shape index (κ3) is 3.90. The Morgan fingerprint density at radius 3 is 2.39 bits per heavy atom. The molecule has 1 heterocycles. The number of nitro benzene ring substituents is 1. The second-order valence-corrected chi connectivity index (χ2v) is 6.30. The summed E-state index contributed by atoms with van der Waals surface area (Å²) >= 11 is 0. The van der Waals surface area contributed by atoms with Crippen molar-refractivity contribution in [2.45, 2.75) is 26.7 Å². The van der Waals surface area contributed by atoms with Crippen LogP contribution in [0.5, 0.6) is 0 Å². The molecular weight excluding hydrogens is 363 g/mol. The van der Waals surface area contributed by atoms with Gasteiger partial charge in [0.05, 0.1) is 27.6 Å². The van der Waals surface area contributed by atoms with Gasteiger partial charge in [-0.2, -0.15) is 0 Å². The number of hydrogen-bond acceptors (Lipinski definition) is 4. The van der Waals surface area contributed by atoms with E-state index in [1.807, 2.05) is 6.92 Å². The molecule has 1 N–H and O–H groups in total. The van der Waals surface area contributed by atoms with Crippen molar-refractivity contribution in [2.24, 2.45) is 4.99 Å². The lowest BCUT2D eigenvalue weighted by Gasteiger charge is -2.01. The SMILES string of the molecule is CCCc1[nH]n(-c2ccc([N+](=O)[O-])cc2)c(=O)c1C(C)=Nc1ccc(F)cc1. The maximum atomic E-state index is 13.1. The lowest BCUT2D eigenvalue weighted by atomic mass is 10.1. The molecule has 7 nitrogen and oxygen atoms in total. The van der Waals surface area contributed by atoms with Crippen molar-refractivity contribution in [3.8, 4) is 5.69 Å². The molecule has 0 spiro atoms. The monoisotopic (exact) mass is 382 g/mol. The number of aryl methyl sites for hydroxylation is 1. The average molecular weight is 382 g/mol. The summed E-state index contributed by atoms with van der Waals surface area (Å²) in [7, 11) is 0. The highest BCUT2D eigenvalue weighted by atomic mass is 19.1. The van der Waals surface area contributed by atoms with Crippen molar-refractivity contribution < 1.29 is 9.31 Å². The molecule has 3 rings (SSSR count). The Hall–Kier alpha value is -3.55. The molecule has 0 aliphatic heterocycles. The van der Waals surface area contributed by atoms with Crippen LogP contribution in [0, 0.1) is 15.9 Å². The molecule has 0 saturated carbocycles. The number of nitro groups is 1. The number of benzene rings is 2. The Morgan fingerprint density at radius 1 is 1.18 bits per heavy atom. The molecule has 3 aromatic rings. The van der Waals surface area contributed by atoms with E-state index in [9.17, 15) is 19.3 Å². The lowest BCUT2D eigenvalue weighted by Crippen LogP contribution is -2.19. The second kappa shape index (κ2) is 7.99. The Balaban J connectivity index is 2.07. The molecule has 0 radical (unpaired) electrons. The molecule has 2 aromatic carbocycles. The zero-order valence-electron chi connectivity index (χ0n) is 15.5. The number of aromatic nitrogens is 2. The first-order valence-corrected chi connectivity index (χ1v) is 8.80. The van der Waals surface area contributed by atoms with Gasteiger partial charge in [-0.1, -0.05) is 13.3 Å². The quantitative estimate of drug-likeness (QED) is 0.391. The van der Waals surface area contributed by atoms with Crippen molar-refractivity contribution in [2.75, 3.05) is 0 Å². The van der Waals surface area contributed by atoms with E-state index in [1.165, 1.54) is 41.1 Å². The fraction of sp³-hybridized carbons (Fsp3) is 0.200. The minimum absolute atomic E-state index is 0.0496. The van der Waals surface area contributed by atoms with Crippen LogP contribution in [0.25, 0.3) is 5.69 Å². The first kappa shape index (κ1) is 19.2. The fourth-order valence-corrected chi connectivity index (χ4v) is 2.96. The summed E-state index contributed by atoms with van der Waals surface area (Å²) in [5, 5.41) is 13.9. The van der Waals surface area contributed by atoms with Crippen LogP contribution in [0.1, 0.15) is 31.5 Å². The molecule has 0 aliphatic carbocycles. The third-order valence-corrected chi connectivity index (χ3v) is 4.27. The van der Waals surface area contributed by atoms with E-state index in [0.29, 0.717) is 29.1 Å². The highest BCUT2D eigenvalue weighted by molar-refractivity contribution is 6.01. The van der Waals surface area contributed by atoms with Crippen molar-refractivity contribution in [3.05, 3.63) is 86.1 Å². The molecule has 0 atom stereocenters. The van der Waals surface area contributed by atoms with Crippen molar-refractivity contribution in [1.82, 2.24) is 9.78 Å². The normalized spacial score (nSPS) is 11.6. The second-order valence-electron chi connectivity index (χ2n) is 6.30. The molecular formula is C20H19FN4O3. The number of aromatic amines is 1.